The molecule has 1 aromatic rings. The molecular weight excluding hydrogens is 216 g/mol. The SMILES string of the molecule is Cc1cnc(NC(=O)C2CC2C(=O)O)s1. The van der Waals surface area contributed by atoms with E-state index in [1.807, 2.05) is 6.92 Å². The lowest BCUT2D eigenvalue weighted by Gasteiger charge is -1.98. The molecule has 6 heteroatoms. The van der Waals surface area contributed by atoms with Crippen LogP contribution < -0.4 is 5.32 Å². The largest absolute Gasteiger partial charge is 0.481 e. The second kappa shape index (κ2) is 3.62. The summed E-state index contributed by atoms with van der Waals surface area (Å²) in [5.41, 5.74) is 0. The van der Waals surface area contributed by atoms with Crippen molar-refractivity contribution in [1.29, 1.82) is 0 Å². The number of aryl methyl sites for hydroxylation is 1. The molecule has 0 saturated heterocycles. The van der Waals surface area contributed by atoms with Gasteiger partial charge in [0.1, 0.15) is 0 Å². The van der Waals surface area contributed by atoms with Crippen LogP contribution in [0.2, 0.25) is 0 Å². The quantitative estimate of drug-likeness (QED) is 0.809. The lowest BCUT2D eigenvalue weighted by molar-refractivity contribution is -0.139. The van der Waals surface area contributed by atoms with Crippen LogP contribution in [0.25, 0.3) is 0 Å². The first-order valence-electron chi connectivity index (χ1n) is 4.54. The fourth-order valence-corrected chi connectivity index (χ4v) is 2.04. The summed E-state index contributed by atoms with van der Waals surface area (Å²) in [5, 5.41) is 11.8. The van der Waals surface area contributed by atoms with Crippen molar-refractivity contribution in [1.82, 2.24) is 4.98 Å². The normalized spacial score (nSPS) is 23.5. The van der Waals surface area contributed by atoms with Crippen LogP contribution in [0, 0.1) is 18.8 Å². The number of hydrogen-bond acceptors (Lipinski definition) is 4. The van der Waals surface area contributed by atoms with E-state index in [9.17, 15) is 9.59 Å². The Kier molecular flexibility index (Phi) is 2.44. The van der Waals surface area contributed by atoms with Gasteiger partial charge in [-0.3, -0.25) is 9.59 Å². The number of aliphatic carboxylic acids is 1. The molecule has 1 aliphatic rings. The van der Waals surface area contributed by atoms with Gasteiger partial charge >= 0.3 is 5.97 Å². The van der Waals surface area contributed by atoms with Crippen LogP contribution in [0.4, 0.5) is 5.13 Å². The van der Waals surface area contributed by atoms with E-state index in [0.29, 0.717) is 11.6 Å². The fourth-order valence-electron chi connectivity index (χ4n) is 1.37. The second-order valence-corrected chi connectivity index (χ2v) is 4.79. The minimum Gasteiger partial charge on any atom is -0.481 e. The summed E-state index contributed by atoms with van der Waals surface area (Å²) < 4.78 is 0. The maximum Gasteiger partial charge on any atom is 0.307 e. The molecule has 2 unspecified atom stereocenters. The van der Waals surface area contributed by atoms with Crippen LogP contribution >= 0.6 is 11.3 Å². The number of nitrogens with one attached hydrogen (secondary N) is 1. The highest BCUT2D eigenvalue weighted by Gasteiger charge is 2.48. The smallest absolute Gasteiger partial charge is 0.307 e. The van der Waals surface area contributed by atoms with Gasteiger partial charge in [0.15, 0.2) is 5.13 Å². The molecule has 1 aromatic heterocycles. The number of rotatable bonds is 3. The Morgan fingerprint density at radius 1 is 1.60 bits per heavy atom. The number of amides is 1. The van der Waals surface area contributed by atoms with E-state index in [1.165, 1.54) is 11.3 Å². The Hall–Kier alpha value is -1.43. The molecule has 1 heterocycles. The summed E-state index contributed by atoms with van der Waals surface area (Å²) in [4.78, 5) is 27.0. The predicted molar refractivity (Wildman–Crippen MR) is 54.7 cm³/mol. The highest BCUT2D eigenvalue weighted by Crippen LogP contribution is 2.39. The van der Waals surface area contributed by atoms with Gasteiger partial charge in [-0.05, 0) is 13.3 Å². The van der Waals surface area contributed by atoms with Gasteiger partial charge < -0.3 is 10.4 Å². The summed E-state index contributed by atoms with van der Waals surface area (Å²) in [5.74, 6) is -2.03. The van der Waals surface area contributed by atoms with Crippen LogP contribution in [-0.4, -0.2) is 22.0 Å². The lowest BCUT2D eigenvalue weighted by atomic mass is 10.3. The maximum absolute atomic E-state index is 11.5. The molecule has 2 N–H and O–H groups in total. The predicted octanol–water partition coefficient (Wildman–Crippen LogP) is 1.11. The molecule has 2 atom stereocenters. The first-order valence-corrected chi connectivity index (χ1v) is 5.35. The van der Waals surface area contributed by atoms with Crippen LogP contribution in [0.1, 0.15) is 11.3 Å². The van der Waals surface area contributed by atoms with Crippen molar-refractivity contribution in [3.63, 3.8) is 0 Å². The van der Waals surface area contributed by atoms with Gasteiger partial charge in [-0.1, -0.05) is 0 Å². The van der Waals surface area contributed by atoms with Crippen LogP contribution in [0.15, 0.2) is 6.20 Å². The number of aromatic nitrogens is 1. The molecule has 2 rings (SSSR count). The molecule has 0 radical (unpaired) electrons. The first kappa shape index (κ1) is 10.1. The summed E-state index contributed by atoms with van der Waals surface area (Å²) in [6.07, 6.45) is 2.10. The third kappa shape index (κ3) is 2.15. The molecule has 0 bridgehead atoms. The van der Waals surface area contributed by atoms with E-state index < -0.39 is 11.9 Å². The minimum atomic E-state index is -0.898. The Bertz CT molecular complexity index is 415. The standard InChI is InChI=1S/C9H10N2O3S/c1-4-3-10-9(15-4)11-7(12)5-2-6(5)8(13)14/h3,5-6H,2H2,1H3,(H,13,14)(H,10,11,12). The molecule has 1 saturated carbocycles. The van der Waals surface area contributed by atoms with Gasteiger partial charge in [0, 0.05) is 11.1 Å². The van der Waals surface area contributed by atoms with Crippen LogP contribution in [0.3, 0.4) is 0 Å². The van der Waals surface area contributed by atoms with Crippen molar-refractivity contribution in [3.05, 3.63) is 11.1 Å². The van der Waals surface area contributed by atoms with E-state index in [4.69, 9.17) is 5.11 Å². The molecule has 0 aromatic carbocycles. The first-order chi connectivity index (χ1) is 7.08. The maximum atomic E-state index is 11.5. The van der Waals surface area contributed by atoms with Gasteiger partial charge in [-0.2, -0.15) is 0 Å². The monoisotopic (exact) mass is 226 g/mol. The molecule has 80 valence electrons. The van der Waals surface area contributed by atoms with Crippen LogP contribution in [0.5, 0.6) is 0 Å². The average molecular weight is 226 g/mol. The summed E-state index contributed by atoms with van der Waals surface area (Å²) >= 11 is 1.38. The number of hydrogen-bond donors (Lipinski definition) is 2. The molecule has 15 heavy (non-hydrogen) atoms. The number of carboxylic acid groups (broad SMARTS) is 1. The van der Waals surface area contributed by atoms with Gasteiger partial charge in [-0.15, -0.1) is 11.3 Å². The molecule has 1 amide bonds. The number of carboxylic acids is 1. The van der Waals surface area contributed by atoms with Crippen LogP contribution in [-0.2, 0) is 9.59 Å². The zero-order chi connectivity index (χ0) is 11.0. The topological polar surface area (TPSA) is 79.3 Å². The highest BCUT2D eigenvalue weighted by molar-refractivity contribution is 7.15. The van der Waals surface area contributed by atoms with E-state index in [0.717, 1.165) is 4.88 Å². The zero-order valence-corrected chi connectivity index (χ0v) is 8.87. The van der Waals surface area contributed by atoms with Crippen molar-refractivity contribution in [2.45, 2.75) is 13.3 Å². The molecule has 1 fully saturated rings. The Balaban J connectivity index is 1.92. The van der Waals surface area contributed by atoms with E-state index in [1.54, 1.807) is 6.20 Å². The fraction of sp³-hybridized carbons (Fsp3) is 0.444. The van der Waals surface area contributed by atoms with Crippen molar-refractivity contribution in [2.75, 3.05) is 5.32 Å². The van der Waals surface area contributed by atoms with Gasteiger partial charge in [-0.25, -0.2) is 4.98 Å². The summed E-state index contributed by atoms with van der Waals surface area (Å²) in [6, 6.07) is 0. The Morgan fingerprint density at radius 2 is 2.33 bits per heavy atom. The van der Waals surface area contributed by atoms with Crippen molar-refractivity contribution in [3.8, 4) is 0 Å². The molecular formula is C9H10N2O3S. The number of thiazole rings is 1. The second-order valence-electron chi connectivity index (χ2n) is 3.55. The van der Waals surface area contributed by atoms with Crippen molar-refractivity contribution in [2.24, 2.45) is 11.8 Å². The average Bonchev–Trinajstić information content (AvgIpc) is 2.86. The molecule has 1 aliphatic carbocycles. The number of nitrogens with zero attached hydrogens (tertiary/aromatic N) is 1. The number of carbonyl (C=O) groups is 2. The number of carbonyl (C=O) groups excluding carboxylic acids is 1. The van der Waals surface area contributed by atoms with Gasteiger partial charge in [0.05, 0.1) is 11.8 Å². The lowest BCUT2D eigenvalue weighted by Crippen LogP contribution is -2.16. The summed E-state index contributed by atoms with van der Waals surface area (Å²) in [7, 11) is 0. The number of anilines is 1. The zero-order valence-electron chi connectivity index (χ0n) is 8.06. The highest BCUT2D eigenvalue weighted by atomic mass is 32.1. The molecule has 5 nitrogen and oxygen atoms in total. The third-order valence-electron chi connectivity index (χ3n) is 2.30. The van der Waals surface area contributed by atoms with E-state index in [-0.39, 0.29) is 11.8 Å². The molecule has 0 spiro atoms. The Morgan fingerprint density at radius 3 is 2.80 bits per heavy atom. The van der Waals surface area contributed by atoms with Crippen molar-refractivity contribution < 1.29 is 14.7 Å². The third-order valence-corrected chi connectivity index (χ3v) is 3.12. The van der Waals surface area contributed by atoms with E-state index >= 15 is 0 Å². The van der Waals surface area contributed by atoms with E-state index in [2.05, 4.69) is 10.3 Å². The summed E-state index contributed by atoms with van der Waals surface area (Å²) in [6.45, 7) is 1.89. The minimum absolute atomic E-state index is 0.239. The Labute approximate surface area is 90.1 Å². The van der Waals surface area contributed by atoms with Gasteiger partial charge in [0.2, 0.25) is 5.91 Å². The van der Waals surface area contributed by atoms with Gasteiger partial charge in [0.25, 0.3) is 0 Å². The van der Waals surface area contributed by atoms with Crippen molar-refractivity contribution >= 4 is 28.3 Å². The molecule has 0 aliphatic heterocycles.